The fraction of sp³-hybridized carbons (Fsp3) is 0.444. The van der Waals surface area contributed by atoms with E-state index in [1.807, 2.05) is 0 Å². The van der Waals surface area contributed by atoms with Crippen LogP contribution in [0.2, 0.25) is 0 Å². The molecule has 7 heteroatoms. The average molecular weight is 221 g/mol. The van der Waals surface area contributed by atoms with Crippen molar-refractivity contribution < 1.29 is 0 Å². The Morgan fingerprint density at radius 3 is 2.81 bits per heavy atom. The Bertz CT molecular complexity index is 633. The minimum Gasteiger partial charge on any atom is -0.335 e. The zero-order valence-electron chi connectivity index (χ0n) is 8.46. The Kier molecular flexibility index (Phi) is 1.93. The van der Waals surface area contributed by atoms with Crippen molar-refractivity contribution in [3.63, 3.8) is 0 Å². The smallest absolute Gasteiger partial charge is 0.327 e. The number of aromatic nitrogens is 4. The summed E-state index contributed by atoms with van der Waals surface area (Å²) in [5.41, 5.74) is -0.358. The van der Waals surface area contributed by atoms with Gasteiger partial charge in [0.2, 0.25) is 0 Å². The molecular weight excluding hydrogens is 210 g/mol. The van der Waals surface area contributed by atoms with E-state index < -0.39 is 11.2 Å². The molecule has 2 aromatic rings. The topological polar surface area (TPSA) is 106 Å². The molecule has 4 N–H and O–H groups in total. The third-order valence-electron chi connectivity index (χ3n) is 2.57. The van der Waals surface area contributed by atoms with Crippen molar-refractivity contribution in [2.75, 3.05) is 0 Å². The summed E-state index contributed by atoms with van der Waals surface area (Å²) in [6, 6.07) is 0.575. The Balaban J connectivity index is 1.97. The maximum atomic E-state index is 11.4. The van der Waals surface area contributed by atoms with E-state index in [1.165, 1.54) is 12.8 Å². The fourth-order valence-corrected chi connectivity index (χ4v) is 1.59. The van der Waals surface area contributed by atoms with Crippen LogP contribution in [0, 0.1) is 0 Å². The molecule has 1 saturated carbocycles. The van der Waals surface area contributed by atoms with E-state index in [9.17, 15) is 9.59 Å². The van der Waals surface area contributed by atoms with Gasteiger partial charge in [-0.15, -0.1) is 0 Å². The van der Waals surface area contributed by atoms with Crippen LogP contribution in [-0.2, 0) is 6.54 Å². The van der Waals surface area contributed by atoms with E-state index in [1.54, 1.807) is 0 Å². The molecule has 1 fully saturated rings. The highest BCUT2D eigenvalue weighted by molar-refractivity contribution is 5.68. The lowest BCUT2D eigenvalue weighted by Crippen LogP contribution is -2.21. The van der Waals surface area contributed by atoms with E-state index in [2.05, 4.69) is 25.3 Å². The van der Waals surface area contributed by atoms with Gasteiger partial charge in [0.15, 0.2) is 5.65 Å². The second-order valence-electron chi connectivity index (χ2n) is 3.97. The number of nitrogens with one attached hydrogen (secondary N) is 4. The first kappa shape index (κ1) is 9.34. The Hall–Kier alpha value is -1.89. The van der Waals surface area contributed by atoms with Crippen LogP contribution in [0.4, 0.5) is 0 Å². The molecule has 1 aliphatic rings. The van der Waals surface area contributed by atoms with E-state index in [0.717, 1.165) is 0 Å². The van der Waals surface area contributed by atoms with Gasteiger partial charge in [0.1, 0.15) is 11.3 Å². The van der Waals surface area contributed by atoms with Crippen LogP contribution < -0.4 is 16.6 Å². The standard InChI is InChI=1S/C9H11N5O2/c15-8-6-7(13-9(16)14-8)12-5(11-6)3-10-4-1-2-4/h4,10H,1-3H2,(H3,11,12,13,14,15,16). The van der Waals surface area contributed by atoms with Crippen molar-refractivity contribution in [1.29, 1.82) is 0 Å². The lowest BCUT2D eigenvalue weighted by molar-refractivity contribution is 0.665. The number of rotatable bonds is 3. The molecule has 0 bridgehead atoms. The average Bonchev–Trinajstić information content (AvgIpc) is 2.96. The van der Waals surface area contributed by atoms with Gasteiger partial charge in [-0.1, -0.05) is 0 Å². The van der Waals surface area contributed by atoms with Gasteiger partial charge in [0.25, 0.3) is 5.56 Å². The van der Waals surface area contributed by atoms with Crippen molar-refractivity contribution in [3.05, 3.63) is 26.7 Å². The quantitative estimate of drug-likeness (QED) is 0.544. The van der Waals surface area contributed by atoms with Gasteiger partial charge in [-0.2, -0.15) is 0 Å². The molecule has 0 spiro atoms. The molecule has 0 aromatic carbocycles. The Morgan fingerprint density at radius 1 is 1.25 bits per heavy atom. The summed E-state index contributed by atoms with van der Waals surface area (Å²) < 4.78 is 0. The third kappa shape index (κ3) is 1.65. The number of imidazole rings is 1. The summed E-state index contributed by atoms with van der Waals surface area (Å²) in [7, 11) is 0. The highest BCUT2D eigenvalue weighted by Gasteiger charge is 2.20. The van der Waals surface area contributed by atoms with E-state index in [4.69, 9.17) is 0 Å². The molecular formula is C9H11N5O2. The zero-order valence-corrected chi connectivity index (χ0v) is 8.46. The first-order valence-corrected chi connectivity index (χ1v) is 5.17. The highest BCUT2D eigenvalue weighted by atomic mass is 16.2. The predicted octanol–water partition coefficient (Wildman–Crippen LogP) is -0.809. The van der Waals surface area contributed by atoms with Gasteiger partial charge < -0.3 is 10.3 Å². The lowest BCUT2D eigenvalue weighted by Gasteiger charge is -1.96. The lowest BCUT2D eigenvalue weighted by atomic mass is 10.5. The number of hydrogen-bond donors (Lipinski definition) is 4. The first-order valence-electron chi connectivity index (χ1n) is 5.17. The van der Waals surface area contributed by atoms with Crippen molar-refractivity contribution >= 4 is 11.2 Å². The third-order valence-corrected chi connectivity index (χ3v) is 2.57. The molecule has 7 nitrogen and oxygen atoms in total. The van der Waals surface area contributed by atoms with Gasteiger partial charge >= 0.3 is 5.69 Å². The highest BCUT2D eigenvalue weighted by Crippen LogP contribution is 2.18. The summed E-state index contributed by atoms with van der Waals surface area (Å²) in [6.45, 7) is 0.584. The molecule has 2 aromatic heterocycles. The van der Waals surface area contributed by atoms with Crippen LogP contribution in [0.15, 0.2) is 9.59 Å². The van der Waals surface area contributed by atoms with Crippen LogP contribution in [0.3, 0.4) is 0 Å². The minimum absolute atomic E-state index is 0.307. The summed E-state index contributed by atoms with van der Waals surface area (Å²) >= 11 is 0. The van der Waals surface area contributed by atoms with Gasteiger partial charge in [-0.05, 0) is 12.8 Å². The van der Waals surface area contributed by atoms with Gasteiger partial charge in [-0.3, -0.25) is 14.8 Å². The predicted molar refractivity (Wildman–Crippen MR) is 57.2 cm³/mol. The van der Waals surface area contributed by atoms with Crippen molar-refractivity contribution in [1.82, 2.24) is 25.3 Å². The van der Waals surface area contributed by atoms with Crippen LogP contribution in [0.25, 0.3) is 11.2 Å². The summed E-state index contributed by atoms with van der Waals surface area (Å²) in [5.74, 6) is 0.661. The SMILES string of the molecule is O=c1[nH]c(=O)c2[nH]c(CNC3CC3)nc2[nH]1. The molecule has 84 valence electrons. The Labute approximate surface area is 89.3 Å². The van der Waals surface area contributed by atoms with E-state index >= 15 is 0 Å². The van der Waals surface area contributed by atoms with Gasteiger partial charge in [-0.25, -0.2) is 9.78 Å². The van der Waals surface area contributed by atoms with Crippen LogP contribution in [0.5, 0.6) is 0 Å². The van der Waals surface area contributed by atoms with E-state index in [0.29, 0.717) is 29.6 Å². The number of hydrogen-bond acceptors (Lipinski definition) is 4. The second-order valence-corrected chi connectivity index (χ2v) is 3.97. The Morgan fingerprint density at radius 2 is 2.06 bits per heavy atom. The normalized spacial score (nSPS) is 15.8. The maximum absolute atomic E-state index is 11.4. The molecule has 0 atom stereocenters. The molecule has 0 unspecified atom stereocenters. The summed E-state index contributed by atoms with van der Waals surface area (Å²) in [5, 5.41) is 3.27. The summed E-state index contributed by atoms with van der Waals surface area (Å²) in [4.78, 5) is 34.1. The zero-order chi connectivity index (χ0) is 11.1. The maximum Gasteiger partial charge on any atom is 0.327 e. The molecule has 2 heterocycles. The summed E-state index contributed by atoms with van der Waals surface area (Å²) in [6.07, 6.45) is 2.38. The molecule has 0 aliphatic heterocycles. The molecule has 3 rings (SSSR count). The van der Waals surface area contributed by atoms with Crippen LogP contribution >= 0.6 is 0 Å². The largest absolute Gasteiger partial charge is 0.335 e. The number of H-pyrrole nitrogens is 3. The molecule has 0 amide bonds. The van der Waals surface area contributed by atoms with Gasteiger partial charge in [0.05, 0.1) is 6.54 Å². The van der Waals surface area contributed by atoms with Crippen molar-refractivity contribution in [2.45, 2.75) is 25.4 Å². The van der Waals surface area contributed by atoms with Crippen molar-refractivity contribution in [3.8, 4) is 0 Å². The molecule has 0 radical (unpaired) electrons. The first-order chi connectivity index (χ1) is 7.72. The fourth-order valence-electron chi connectivity index (χ4n) is 1.59. The monoisotopic (exact) mass is 221 g/mol. The minimum atomic E-state index is -0.536. The van der Waals surface area contributed by atoms with Gasteiger partial charge in [0, 0.05) is 6.04 Å². The molecule has 16 heavy (non-hydrogen) atoms. The molecule has 1 aliphatic carbocycles. The van der Waals surface area contributed by atoms with E-state index in [-0.39, 0.29) is 0 Å². The number of nitrogens with zero attached hydrogens (tertiary/aromatic N) is 1. The number of aromatic amines is 3. The van der Waals surface area contributed by atoms with Crippen LogP contribution in [-0.4, -0.2) is 26.0 Å². The van der Waals surface area contributed by atoms with Crippen LogP contribution in [0.1, 0.15) is 18.7 Å². The van der Waals surface area contributed by atoms with Crippen molar-refractivity contribution in [2.24, 2.45) is 0 Å². The molecule has 0 saturated heterocycles. The number of fused-ring (bicyclic) bond motifs is 1. The second kappa shape index (κ2) is 3.31.